The minimum absolute atomic E-state index is 0.0881. The minimum atomic E-state index is -0.618. The third-order valence-electron chi connectivity index (χ3n) is 3.10. The summed E-state index contributed by atoms with van der Waals surface area (Å²) in [5.41, 5.74) is 0. The quantitative estimate of drug-likeness (QED) is 0.562. The van der Waals surface area contributed by atoms with Crippen molar-refractivity contribution in [2.45, 2.75) is 57.4 Å². The smallest absolute Gasteiger partial charge is 0.302 e. The zero-order chi connectivity index (χ0) is 13.3. The van der Waals surface area contributed by atoms with E-state index in [-0.39, 0.29) is 37.0 Å². The van der Waals surface area contributed by atoms with E-state index in [9.17, 15) is 4.79 Å². The van der Waals surface area contributed by atoms with Gasteiger partial charge in [0, 0.05) is 6.92 Å². The summed E-state index contributed by atoms with van der Waals surface area (Å²) in [5.74, 6) is -0.937. The van der Waals surface area contributed by atoms with Gasteiger partial charge in [-0.2, -0.15) is 0 Å². The van der Waals surface area contributed by atoms with Gasteiger partial charge in [0.2, 0.25) is 0 Å². The lowest BCUT2D eigenvalue weighted by molar-refractivity contribution is -0.192. The molecule has 0 aliphatic carbocycles. The molecular formula is C13H20O5. The van der Waals surface area contributed by atoms with E-state index in [1.807, 2.05) is 13.8 Å². The second-order valence-electron chi connectivity index (χ2n) is 5.10. The van der Waals surface area contributed by atoms with Crippen LogP contribution in [0.2, 0.25) is 0 Å². The molecule has 2 aliphatic rings. The van der Waals surface area contributed by atoms with Gasteiger partial charge < -0.3 is 18.9 Å². The average Bonchev–Trinajstić information content (AvgIpc) is 2.71. The first-order chi connectivity index (χ1) is 8.43. The Hall–Kier alpha value is -0.910. The molecule has 2 saturated heterocycles. The highest BCUT2D eigenvalue weighted by Gasteiger charge is 2.54. The van der Waals surface area contributed by atoms with Gasteiger partial charge in [-0.05, 0) is 20.3 Å². The standard InChI is InChI=1S/C13H20O5/c1-5-6-9-11-12(18-13(3,4)17-11)10(16-9)7-15-8(2)14/h5,9-12H,1,6-7H2,2-4H3/t9-,10+,11?,12?/m0/s1. The molecule has 2 unspecified atom stereocenters. The van der Waals surface area contributed by atoms with Gasteiger partial charge in [0.05, 0.1) is 6.10 Å². The van der Waals surface area contributed by atoms with Gasteiger partial charge in [-0.25, -0.2) is 0 Å². The molecule has 0 radical (unpaired) electrons. The second kappa shape index (κ2) is 4.99. The maximum Gasteiger partial charge on any atom is 0.302 e. The largest absolute Gasteiger partial charge is 0.463 e. The number of hydrogen-bond acceptors (Lipinski definition) is 5. The Balaban J connectivity index is 2.04. The van der Waals surface area contributed by atoms with Crippen molar-refractivity contribution in [3.05, 3.63) is 12.7 Å². The van der Waals surface area contributed by atoms with Gasteiger partial charge >= 0.3 is 5.97 Å². The molecule has 5 nitrogen and oxygen atoms in total. The molecule has 0 aromatic carbocycles. The van der Waals surface area contributed by atoms with Crippen LogP contribution in [0.5, 0.6) is 0 Å². The van der Waals surface area contributed by atoms with Crippen molar-refractivity contribution >= 4 is 5.97 Å². The van der Waals surface area contributed by atoms with Gasteiger partial charge in [-0.15, -0.1) is 6.58 Å². The third kappa shape index (κ3) is 2.74. The number of carbonyl (C=O) groups excluding carboxylic acids is 1. The molecule has 4 atom stereocenters. The molecule has 2 rings (SSSR count). The lowest BCUT2D eigenvalue weighted by atomic mass is 10.1. The summed E-state index contributed by atoms with van der Waals surface area (Å²) in [6.45, 7) is 9.04. The number of carbonyl (C=O) groups is 1. The maximum absolute atomic E-state index is 10.9. The molecule has 0 amide bonds. The SMILES string of the molecule is C=CC[C@@H]1O[C@H](COC(C)=O)C2OC(C)(C)OC21. The van der Waals surface area contributed by atoms with Crippen LogP contribution in [-0.4, -0.2) is 42.8 Å². The van der Waals surface area contributed by atoms with Gasteiger partial charge in [-0.1, -0.05) is 6.08 Å². The van der Waals surface area contributed by atoms with Crippen LogP contribution in [0, 0.1) is 0 Å². The molecule has 18 heavy (non-hydrogen) atoms. The van der Waals surface area contributed by atoms with Crippen molar-refractivity contribution in [3.63, 3.8) is 0 Å². The van der Waals surface area contributed by atoms with Gasteiger partial charge in [0.15, 0.2) is 5.79 Å². The first kappa shape index (κ1) is 13.5. The van der Waals surface area contributed by atoms with Gasteiger partial charge in [-0.3, -0.25) is 4.79 Å². The maximum atomic E-state index is 10.9. The molecular weight excluding hydrogens is 236 g/mol. The zero-order valence-corrected chi connectivity index (χ0v) is 11.0. The second-order valence-corrected chi connectivity index (χ2v) is 5.10. The van der Waals surface area contributed by atoms with Crippen molar-refractivity contribution in [3.8, 4) is 0 Å². The fraction of sp³-hybridized carbons (Fsp3) is 0.769. The van der Waals surface area contributed by atoms with Crippen LogP contribution in [0.25, 0.3) is 0 Å². The average molecular weight is 256 g/mol. The Kier molecular flexibility index (Phi) is 3.75. The van der Waals surface area contributed by atoms with E-state index in [0.29, 0.717) is 6.42 Å². The van der Waals surface area contributed by atoms with Crippen molar-refractivity contribution in [2.75, 3.05) is 6.61 Å². The van der Waals surface area contributed by atoms with Crippen LogP contribution in [0.15, 0.2) is 12.7 Å². The highest BCUT2D eigenvalue weighted by Crippen LogP contribution is 2.39. The van der Waals surface area contributed by atoms with Crippen LogP contribution >= 0.6 is 0 Å². The molecule has 0 spiro atoms. The van der Waals surface area contributed by atoms with Crippen molar-refractivity contribution in [1.29, 1.82) is 0 Å². The first-order valence-electron chi connectivity index (χ1n) is 6.18. The molecule has 5 heteroatoms. The fourth-order valence-electron chi connectivity index (χ4n) is 2.46. The van der Waals surface area contributed by atoms with Crippen LogP contribution in [0.3, 0.4) is 0 Å². The van der Waals surface area contributed by atoms with E-state index in [0.717, 1.165) is 0 Å². The number of ether oxygens (including phenoxy) is 4. The summed E-state index contributed by atoms with van der Waals surface area (Å²) in [6.07, 6.45) is 1.81. The van der Waals surface area contributed by atoms with Crippen LogP contribution in [0.1, 0.15) is 27.2 Å². The van der Waals surface area contributed by atoms with Gasteiger partial charge in [0.25, 0.3) is 0 Å². The summed E-state index contributed by atoms with van der Waals surface area (Å²) in [4.78, 5) is 10.9. The summed E-state index contributed by atoms with van der Waals surface area (Å²) >= 11 is 0. The number of rotatable bonds is 4. The predicted octanol–water partition coefficient (Wildman–Crippen LogP) is 1.41. The molecule has 0 aromatic rings. The summed E-state index contributed by atoms with van der Waals surface area (Å²) < 4.78 is 22.5. The van der Waals surface area contributed by atoms with E-state index in [1.165, 1.54) is 6.92 Å². The number of esters is 1. The Morgan fingerprint density at radius 3 is 2.50 bits per heavy atom. The Bertz CT molecular complexity index is 338. The van der Waals surface area contributed by atoms with Crippen molar-refractivity contribution < 1.29 is 23.7 Å². The molecule has 2 heterocycles. The third-order valence-corrected chi connectivity index (χ3v) is 3.10. The fourth-order valence-corrected chi connectivity index (χ4v) is 2.46. The predicted molar refractivity (Wildman–Crippen MR) is 63.9 cm³/mol. The van der Waals surface area contributed by atoms with Crippen molar-refractivity contribution in [1.82, 2.24) is 0 Å². The Morgan fingerprint density at radius 1 is 1.33 bits per heavy atom. The monoisotopic (exact) mass is 256 g/mol. The van der Waals surface area contributed by atoms with Crippen LogP contribution < -0.4 is 0 Å². The molecule has 0 saturated carbocycles. The van der Waals surface area contributed by atoms with E-state index in [1.54, 1.807) is 6.08 Å². The summed E-state index contributed by atoms with van der Waals surface area (Å²) in [7, 11) is 0. The highest BCUT2D eigenvalue weighted by molar-refractivity contribution is 5.65. The topological polar surface area (TPSA) is 54.0 Å². The summed E-state index contributed by atoms with van der Waals surface area (Å²) in [6, 6.07) is 0. The molecule has 0 N–H and O–H groups in total. The molecule has 102 valence electrons. The van der Waals surface area contributed by atoms with Crippen LogP contribution in [0.4, 0.5) is 0 Å². The lowest BCUT2D eigenvalue weighted by Crippen LogP contribution is -2.33. The van der Waals surface area contributed by atoms with Gasteiger partial charge in [0.1, 0.15) is 24.9 Å². The lowest BCUT2D eigenvalue weighted by Gasteiger charge is -2.23. The minimum Gasteiger partial charge on any atom is -0.463 e. The number of hydrogen-bond donors (Lipinski definition) is 0. The van der Waals surface area contributed by atoms with E-state index < -0.39 is 5.79 Å². The highest BCUT2D eigenvalue weighted by atomic mass is 16.8. The van der Waals surface area contributed by atoms with E-state index >= 15 is 0 Å². The zero-order valence-electron chi connectivity index (χ0n) is 11.0. The molecule has 0 bridgehead atoms. The first-order valence-corrected chi connectivity index (χ1v) is 6.18. The van der Waals surface area contributed by atoms with E-state index in [4.69, 9.17) is 18.9 Å². The van der Waals surface area contributed by atoms with Crippen molar-refractivity contribution in [2.24, 2.45) is 0 Å². The molecule has 2 fully saturated rings. The van der Waals surface area contributed by atoms with Crippen LogP contribution in [-0.2, 0) is 23.7 Å². The molecule has 2 aliphatic heterocycles. The molecule has 0 aromatic heterocycles. The normalized spacial score (nSPS) is 37.3. The summed E-state index contributed by atoms with van der Waals surface area (Å²) in [5, 5.41) is 0. The number of fused-ring (bicyclic) bond motifs is 1. The Labute approximate surface area is 107 Å². The Morgan fingerprint density at radius 2 is 1.94 bits per heavy atom. The van der Waals surface area contributed by atoms with E-state index in [2.05, 4.69) is 6.58 Å².